The number of piperidine rings is 1. The molecule has 4 heterocycles. The maximum absolute atomic E-state index is 15.9. The monoisotopic (exact) mass is 597 g/mol. The first-order valence-corrected chi connectivity index (χ1v) is 14.0. The maximum Gasteiger partial charge on any atom is 0.346 e. The molecular weight excluding hydrogens is 576 g/mol. The summed E-state index contributed by atoms with van der Waals surface area (Å²) in [5.74, 6) is -1.92. The second-order valence-electron chi connectivity index (χ2n) is 9.75. The first-order chi connectivity index (χ1) is 19.7. The van der Waals surface area contributed by atoms with Crippen LogP contribution in [0.4, 0.5) is 18.6 Å². The number of nitrogen functional groups attached to an aromatic ring is 1. The number of nitrogens with two attached hydrogens (primary N) is 1. The average molecular weight is 598 g/mol. The number of aromatic nitrogens is 3. The van der Waals surface area contributed by atoms with E-state index < -0.39 is 17.5 Å². The van der Waals surface area contributed by atoms with Gasteiger partial charge in [-0.05, 0) is 37.5 Å². The fraction of sp³-hybridized carbons (Fsp3) is 0.296. The number of fused-ring (bicyclic) bond motifs is 3. The summed E-state index contributed by atoms with van der Waals surface area (Å²) in [5.41, 5.74) is 5.96. The van der Waals surface area contributed by atoms with Crippen LogP contribution in [0.2, 0.25) is 5.02 Å². The van der Waals surface area contributed by atoms with E-state index in [0.717, 1.165) is 28.2 Å². The van der Waals surface area contributed by atoms with Gasteiger partial charge in [-0.3, -0.25) is 4.79 Å². The van der Waals surface area contributed by atoms with E-state index in [4.69, 9.17) is 22.1 Å². The quantitative estimate of drug-likeness (QED) is 0.355. The average Bonchev–Trinajstić information content (AvgIpc) is 3.59. The highest BCUT2D eigenvalue weighted by atomic mass is 35.5. The molecule has 4 aromatic rings. The van der Waals surface area contributed by atoms with E-state index in [1.165, 1.54) is 18.5 Å². The van der Waals surface area contributed by atoms with Crippen molar-refractivity contribution >= 4 is 50.0 Å². The normalized spacial score (nSPS) is 18.3. The molecule has 41 heavy (non-hydrogen) atoms. The van der Waals surface area contributed by atoms with E-state index in [1.807, 2.05) is 13.0 Å². The number of thiophene rings is 1. The number of rotatable bonds is 3. The van der Waals surface area contributed by atoms with Crippen LogP contribution in [-0.2, 0) is 0 Å². The summed E-state index contributed by atoms with van der Waals surface area (Å²) >= 11 is 7.62. The van der Waals surface area contributed by atoms with Crippen molar-refractivity contribution in [2.45, 2.75) is 31.8 Å². The number of nitriles is 1. The summed E-state index contributed by atoms with van der Waals surface area (Å²) < 4.78 is 37.8. The first-order valence-electron chi connectivity index (χ1n) is 12.8. The molecule has 0 bridgehead atoms. The van der Waals surface area contributed by atoms with Crippen LogP contribution < -0.4 is 10.5 Å². The second kappa shape index (κ2) is 10.3. The Balaban J connectivity index is 1.39. The highest BCUT2D eigenvalue weighted by Crippen LogP contribution is 2.47. The van der Waals surface area contributed by atoms with Gasteiger partial charge in [0.15, 0.2) is 5.75 Å². The van der Waals surface area contributed by atoms with Gasteiger partial charge in [-0.2, -0.15) is 9.94 Å². The lowest BCUT2D eigenvalue weighted by molar-refractivity contribution is 0.0405. The number of ether oxygens (including phenoxy) is 1. The molecule has 2 unspecified atom stereocenters. The fourth-order valence-corrected chi connectivity index (χ4v) is 6.96. The fourth-order valence-electron chi connectivity index (χ4n) is 5.67. The molecule has 210 valence electrons. The van der Waals surface area contributed by atoms with Crippen molar-refractivity contribution in [2.24, 2.45) is 0 Å². The molecule has 1 saturated heterocycles. The van der Waals surface area contributed by atoms with Gasteiger partial charge in [0, 0.05) is 24.0 Å². The zero-order valence-corrected chi connectivity index (χ0v) is 23.2. The van der Waals surface area contributed by atoms with Crippen LogP contribution in [0, 0.1) is 23.0 Å². The van der Waals surface area contributed by atoms with Crippen molar-refractivity contribution in [1.29, 1.82) is 5.26 Å². The summed E-state index contributed by atoms with van der Waals surface area (Å²) in [4.78, 5) is 30.0. The number of amides is 2. The highest BCUT2D eigenvalue weighted by molar-refractivity contribution is 7.23. The molecule has 2 aromatic carbocycles. The molecule has 0 saturated carbocycles. The Labute approximate surface area is 241 Å². The molecular formula is C27H22ClF2N7O3S. The Morgan fingerprint density at radius 1 is 1.32 bits per heavy atom. The number of carbonyl (C=O) groups is 2. The van der Waals surface area contributed by atoms with Crippen LogP contribution in [0.5, 0.6) is 5.75 Å². The van der Waals surface area contributed by atoms with Gasteiger partial charge in [0.1, 0.15) is 29.3 Å². The third-order valence-corrected chi connectivity index (χ3v) is 9.00. The SMILES string of the molecule is CCN(C(=O)n1ccnn1)C1CCC2COc3c(cc(F)c(-c4ccc(F)c5sc(N)c(C#N)c45)c3Cl)C(=O)N2C1. The zero-order valence-electron chi connectivity index (χ0n) is 21.6. The number of nitrogens with zero attached hydrogens (tertiary/aromatic N) is 6. The van der Waals surface area contributed by atoms with E-state index >= 15 is 4.39 Å². The van der Waals surface area contributed by atoms with Crippen molar-refractivity contribution in [3.8, 4) is 22.9 Å². The summed E-state index contributed by atoms with van der Waals surface area (Å²) in [6, 6.07) is 4.52. The van der Waals surface area contributed by atoms with Crippen LogP contribution in [-0.4, -0.2) is 68.5 Å². The van der Waals surface area contributed by atoms with Crippen LogP contribution >= 0.6 is 22.9 Å². The lowest BCUT2D eigenvalue weighted by atomic mass is 9.95. The predicted octanol–water partition coefficient (Wildman–Crippen LogP) is 4.90. The van der Waals surface area contributed by atoms with Gasteiger partial charge < -0.3 is 20.3 Å². The number of carbonyl (C=O) groups excluding carboxylic acids is 2. The highest BCUT2D eigenvalue weighted by Gasteiger charge is 2.40. The molecule has 0 radical (unpaired) electrons. The van der Waals surface area contributed by atoms with Gasteiger partial charge in [-0.25, -0.2) is 13.6 Å². The van der Waals surface area contributed by atoms with Crippen LogP contribution in [0.3, 0.4) is 0 Å². The number of likely N-dealkylation sites (N-methyl/N-ethyl adjacent to an activating group) is 1. The van der Waals surface area contributed by atoms with Gasteiger partial charge in [-0.1, -0.05) is 22.9 Å². The molecule has 14 heteroatoms. The van der Waals surface area contributed by atoms with Crippen LogP contribution in [0.25, 0.3) is 21.2 Å². The molecule has 1 fully saturated rings. The van der Waals surface area contributed by atoms with E-state index in [-0.39, 0.29) is 79.4 Å². The third kappa shape index (κ3) is 4.25. The summed E-state index contributed by atoms with van der Waals surface area (Å²) in [7, 11) is 0. The largest absolute Gasteiger partial charge is 0.489 e. The van der Waals surface area contributed by atoms with E-state index in [1.54, 1.807) is 9.80 Å². The molecule has 6 rings (SSSR count). The van der Waals surface area contributed by atoms with E-state index in [0.29, 0.717) is 19.4 Å². The number of halogens is 3. The minimum atomic E-state index is -0.837. The molecule has 0 spiro atoms. The summed E-state index contributed by atoms with van der Waals surface area (Å²) in [5, 5.41) is 17.2. The van der Waals surface area contributed by atoms with Crippen LogP contribution in [0.15, 0.2) is 30.6 Å². The smallest absolute Gasteiger partial charge is 0.346 e. The molecule has 2 aliphatic heterocycles. The van der Waals surface area contributed by atoms with E-state index in [9.17, 15) is 19.2 Å². The lowest BCUT2D eigenvalue weighted by Gasteiger charge is -2.42. The molecule has 2 atom stereocenters. The van der Waals surface area contributed by atoms with Gasteiger partial charge in [0.25, 0.3) is 5.91 Å². The Morgan fingerprint density at radius 3 is 2.83 bits per heavy atom. The van der Waals surface area contributed by atoms with Crippen molar-refractivity contribution in [3.63, 3.8) is 0 Å². The van der Waals surface area contributed by atoms with Crippen molar-refractivity contribution in [2.75, 3.05) is 25.4 Å². The number of hydrogen-bond acceptors (Lipinski definition) is 8. The minimum Gasteiger partial charge on any atom is -0.489 e. The van der Waals surface area contributed by atoms with Gasteiger partial charge in [-0.15, -0.1) is 16.4 Å². The zero-order chi connectivity index (χ0) is 29.0. The summed E-state index contributed by atoms with van der Waals surface area (Å²) in [6.07, 6.45) is 4.02. The number of anilines is 1. The Hall–Kier alpha value is -4.28. The van der Waals surface area contributed by atoms with Crippen molar-refractivity contribution < 1.29 is 23.1 Å². The molecule has 2 aromatic heterocycles. The first kappa shape index (κ1) is 26.9. The Bertz CT molecular complexity index is 1750. The molecule has 10 nitrogen and oxygen atoms in total. The van der Waals surface area contributed by atoms with Gasteiger partial charge in [0.2, 0.25) is 0 Å². The Morgan fingerprint density at radius 2 is 2.12 bits per heavy atom. The minimum absolute atomic E-state index is 0.00393. The second-order valence-corrected chi connectivity index (χ2v) is 11.2. The lowest BCUT2D eigenvalue weighted by Crippen LogP contribution is -2.56. The Kier molecular flexibility index (Phi) is 6.75. The maximum atomic E-state index is 15.9. The molecule has 2 N–H and O–H groups in total. The number of benzene rings is 2. The van der Waals surface area contributed by atoms with Gasteiger partial charge in [0.05, 0.1) is 45.3 Å². The number of hydrogen-bond donors (Lipinski definition) is 1. The molecule has 2 amide bonds. The topological polar surface area (TPSA) is 130 Å². The van der Waals surface area contributed by atoms with Crippen molar-refractivity contribution in [3.05, 3.63) is 58.4 Å². The molecule has 2 aliphatic rings. The van der Waals surface area contributed by atoms with Crippen LogP contribution in [0.1, 0.15) is 35.7 Å². The van der Waals surface area contributed by atoms with Gasteiger partial charge >= 0.3 is 6.03 Å². The standard InChI is InChI=1S/C27H22ClF2N7O3S/c1-2-35(27(39)37-8-7-33-34-37)13-3-4-14-12-40-23-16(26(38)36(14)11-13)9-19(30)21(22(23)28)15-5-6-18(29)24-20(15)17(10-31)25(32)41-24/h5-9,13-14H,2-4,11-12,32H2,1H3. The van der Waals surface area contributed by atoms with E-state index in [2.05, 4.69) is 10.3 Å². The predicted molar refractivity (Wildman–Crippen MR) is 148 cm³/mol. The molecule has 0 aliphatic carbocycles. The summed E-state index contributed by atoms with van der Waals surface area (Å²) in [6.45, 7) is 2.54. The van der Waals surface area contributed by atoms with Crippen molar-refractivity contribution in [1.82, 2.24) is 24.8 Å². The third-order valence-electron chi connectivity index (χ3n) is 7.61.